The van der Waals surface area contributed by atoms with Crippen LogP contribution in [0, 0.1) is 5.82 Å². The predicted molar refractivity (Wildman–Crippen MR) is 127 cm³/mol. The van der Waals surface area contributed by atoms with Gasteiger partial charge in [0.1, 0.15) is 11.5 Å². The van der Waals surface area contributed by atoms with Gasteiger partial charge >= 0.3 is 0 Å². The van der Waals surface area contributed by atoms with Crippen LogP contribution in [0.3, 0.4) is 0 Å². The molecule has 176 valence electrons. The number of nitrogens with one attached hydrogen (secondary N) is 2. The highest BCUT2D eigenvalue weighted by Crippen LogP contribution is 2.26. The van der Waals surface area contributed by atoms with Crippen LogP contribution in [0.2, 0.25) is 10.0 Å². The molecule has 1 amide bonds. The van der Waals surface area contributed by atoms with Crippen molar-refractivity contribution in [1.29, 1.82) is 0 Å². The van der Waals surface area contributed by atoms with Crippen molar-refractivity contribution in [3.63, 3.8) is 0 Å². The van der Waals surface area contributed by atoms with Crippen LogP contribution in [0.4, 0.5) is 10.3 Å². The zero-order valence-corrected chi connectivity index (χ0v) is 19.3. The molecule has 8 nitrogen and oxygen atoms in total. The summed E-state index contributed by atoms with van der Waals surface area (Å²) in [6.07, 6.45) is 6.88. The van der Waals surface area contributed by atoms with E-state index in [4.69, 9.17) is 39.4 Å². The van der Waals surface area contributed by atoms with Gasteiger partial charge in [-0.15, -0.1) is 0 Å². The molecule has 0 radical (unpaired) electrons. The summed E-state index contributed by atoms with van der Waals surface area (Å²) in [5.74, 6) is -0.883. The van der Waals surface area contributed by atoms with Crippen molar-refractivity contribution in [2.45, 2.75) is 25.3 Å². The first-order valence-electron chi connectivity index (χ1n) is 10.4. The molecule has 3 heterocycles. The highest BCUT2D eigenvalue weighted by Gasteiger charge is 2.18. The third kappa shape index (κ3) is 7.13. The Morgan fingerprint density at radius 3 is 2.58 bits per heavy atom. The fourth-order valence-corrected chi connectivity index (χ4v) is 3.65. The van der Waals surface area contributed by atoms with Crippen LogP contribution in [0.15, 0.2) is 36.7 Å². The number of amides is 1. The molecule has 1 atom stereocenters. The SMILES string of the molecule is C1CCOCC1.NCC(NC(=O)c1cc(-c2nc(N)ncc2Cl)c[nH]1)c1cc(F)cc(Cl)c1. The number of aromatic nitrogens is 3. The Hall–Kier alpha value is -2.72. The fraction of sp³-hybridized carbons (Fsp3) is 0.318. The summed E-state index contributed by atoms with van der Waals surface area (Å²) in [5.41, 5.74) is 13.0. The number of H-pyrrole nitrogens is 1. The van der Waals surface area contributed by atoms with Gasteiger partial charge in [-0.05, 0) is 49.1 Å². The van der Waals surface area contributed by atoms with E-state index in [1.807, 2.05) is 0 Å². The van der Waals surface area contributed by atoms with Gasteiger partial charge in [-0.3, -0.25) is 4.79 Å². The lowest BCUT2D eigenvalue weighted by atomic mass is 10.1. The molecule has 1 aliphatic heterocycles. The van der Waals surface area contributed by atoms with E-state index in [0.717, 1.165) is 13.2 Å². The number of benzene rings is 1. The van der Waals surface area contributed by atoms with E-state index in [0.29, 0.717) is 21.8 Å². The minimum absolute atomic E-state index is 0.0628. The molecule has 33 heavy (non-hydrogen) atoms. The van der Waals surface area contributed by atoms with Crippen molar-refractivity contribution in [3.8, 4) is 11.3 Å². The van der Waals surface area contributed by atoms with Crippen LogP contribution in [0.25, 0.3) is 11.3 Å². The number of ether oxygens (including phenoxy) is 1. The normalized spacial score (nSPS) is 14.2. The molecule has 1 aliphatic rings. The fourth-order valence-electron chi connectivity index (χ4n) is 3.22. The van der Waals surface area contributed by atoms with Gasteiger partial charge in [0.25, 0.3) is 5.91 Å². The second-order valence-corrected chi connectivity index (χ2v) is 8.21. The molecule has 0 bridgehead atoms. The molecule has 1 saturated heterocycles. The summed E-state index contributed by atoms with van der Waals surface area (Å²) >= 11 is 11.9. The second kappa shape index (κ2) is 11.9. The van der Waals surface area contributed by atoms with Crippen molar-refractivity contribution in [2.24, 2.45) is 5.73 Å². The molecule has 11 heteroatoms. The van der Waals surface area contributed by atoms with Crippen LogP contribution in [0.5, 0.6) is 0 Å². The first kappa shape index (κ1) is 24.9. The van der Waals surface area contributed by atoms with E-state index >= 15 is 0 Å². The lowest BCUT2D eigenvalue weighted by Gasteiger charge is -2.17. The van der Waals surface area contributed by atoms with Gasteiger partial charge in [0.15, 0.2) is 0 Å². The molecular weight excluding hydrogens is 470 g/mol. The molecule has 2 aromatic heterocycles. The van der Waals surface area contributed by atoms with Crippen molar-refractivity contribution in [2.75, 3.05) is 25.5 Å². The van der Waals surface area contributed by atoms with Gasteiger partial charge in [0, 0.05) is 36.5 Å². The Morgan fingerprint density at radius 2 is 1.97 bits per heavy atom. The average molecular weight is 495 g/mol. The number of hydrogen-bond donors (Lipinski definition) is 4. The third-order valence-corrected chi connectivity index (χ3v) is 5.36. The number of nitrogens with two attached hydrogens (primary N) is 2. The smallest absolute Gasteiger partial charge is 0.268 e. The highest BCUT2D eigenvalue weighted by atomic mass is 35.5. The molecule has 1 fully saturated rings. The Labute approximate surface area is 200 Å². The molecule has 4 rings (SSSR count). The van der Waals surface area contributed by atoms with Crippen LogP contribution in [-0.4, -0.2) is 40.6 Å². The number of carbonyl (C=O) groups is 1. The number of nitrogens with zero attached hydrogens (tertiary/aromatic N) is 2. The van der Waals surface area contributed by atoms with Gasteiger partial charge in [0.05, 0.1) is 23.0 Å². The average Bonchev–Trinajstić information content (AvgIpc) is 3.30. The van der Waals surface area contributed by atoms with E-state index in [1.54, 1.807) is 18.3 Å². The summed E-state index contributed by atoms with van der Waals surface area (Å²) in [4.78, 5) is 23.2. The molecule has 1 aromatic carbocycles. The van der Waals surface area contributed by atoms with Crippen molar-refractivity contribution >= 4 is 35.1 Å². The van der Waals surface area contributed by atoms with Crippen LogP contribution >= 0.6 is 23.2 Å². The minimum atomic E-state index is -0.615. The predicted octanol–water partition coefficient (Wildman–Crippen LogP) is 4.12. The highest BCUT2D eigenvalue weighted by molar-refractivity contribution is 6.33. The van der Waals surface area contributed by atoms with E-state index in [-0.39, 0.29) is 23.2 Å². The summed E-state index contributed by atoms with van der Waals surface area (Å²) in [6, 6.07) is 4.94. The topological polar surface area (TPSA) is 132 Å². The van der Waals surface area contributed by atoms with Crippen molar-refractivity contribution in [3.05, 3.63) is 63.8 Å². The monoisotopic (exact) mass is 494 g/mol. The molecule has 3 aromatic rings. The van der Waals surface area contributed by atoms with Gasteiger partial charge in [0.2, 0.25) is 5.95 Å². The first-order valence-corrected chi connectivity index (χ1v) is 11.1. The number of nitrogen functional groups attached to an aromatic ring is 1. The van der Waals surface area contributed by atoms with Crippen LogP contribution in [0.1, 0.15) is 41.4 Å². The number of carbonyl (C=O) groups excluding carboxylic acids is 1. The Bertz CT molecular complexity index is 1060. The number of rotatable bonds is 5. The van der Waals surface area contributed by atoms with Gasteiger partial charge in [-0.25, -0.2) is 14.4 Å². The largest absolute Gasteiger partial charge is 0.381 e. The second-order valence-electron chi connectivity index (χ2n) is 7.36. The van der Waals surface area contributed by atoms with Gasteiger partial charge < -0.3 is 26.5 Å². The number of anilines is 1. The zero-order chi connectivity index (χ0) is 23.8. The number of hydrogen-bond acceptors (Lipinski definition) is 6. The zero-order valence-electron chi connectivity index (χ0n) is 17.8. The van der Waals surface area contributed by atoms with Crippen LogP contribution in [-0.2, 0) is 4.74 Å². The third-order valence-electron chi connectivity index (χ3n) is 4.87. The van der Waals surface area contributed by atoms with E-state index in [1.165, 1.54) is 37.6 Å². The maximum atomic E-state index is 13.6. The lowest BCUT2D eigenvalue weighted by Crippen LogP contribution is -2.33. The van der Waals surface area contributed by atoms with Crippen LogP contribution < -0.4 is 16.8 Å². The standard InChI is InChI=1S/C17H15Cl2FN6O.C5H10O/c18-10-1-8(2-11(20)4-10)14(5-21)25-16(27)13-3-9(6-23-13)15-12(19)7-24-17(22)26-15;1-2-4-6-5-3-1/h1-4,6-7,14,23H,5,21H2,(H,25,27)(H2,22,24,26);1-5H2. The van der Waals surface area contributed by atoms with E-state index in [9.17, 15) is 9.18 Å². The Morgan fingerprint density at radius 1 is 1.21 bits per heavy atom. The molecule has 0 spiro atoms. The van der Waals surface area contributed by atoms with Gasteiger partial charge in [-0.2, -0.15) is 0 Å². The first-order chi connectivity index (χ1) is 15.9. The summed E-state index contributed by atoms with van der Waals surface area (Å²) in [5, 5.41) is 3.25. The maximum Gasteiger partial charge on any atom is 0.268 e. The molecule has 6 N–H and O–H groups in total. The summed E-state index contributed by atoms with van der Waals surface area (Å²) in [7, 11) is 0. The minimum Gasteiger partial charge on any atom is -0.381 e. The Balaban J connectivity index is 0.000000442. The Kier molecular flexibility index (Phi) is 9.02. The summed E-state index contributed by atoms with van der Waals surface area (Å²) < 4.78 is 18.6. The van der Waals surface area contributed by atoms with Crippen molar-refractivity contribution in [1.82, 2.24) is 20.3 Å². The molecule has 0 aliphatic carbocycles. The number of halogens is 3. The maximum absolute atomic E-state index is 13.6. The summed E-state index contributed by atoms with van der Waals surface area (Å²) in [6.45, 7) is 2.06. The lowest BCUT2D eigenvalue weighted by molar-refractivity contribution is 0.0933. The molecule has 0 saturated carbocycles. The quantitative estimate of drug-likeness (QED) is 0.421. The van der Waals surface area contributed by atoms with E-state index < -0.39 is 17.8 Å². The van der Waals surface area contributed by atoms with Gasteiger partial charge in [-0.1, -0.05) is 23.2 Å². The molecular formula is C22H25Cl2FN6O2. The molecule has 1 unspecified atom stereocenters. The van der Waals surface area contributed by atoms with Crippen molar-refractivity contribution < 1.29 is 13.9 Å². The van der Waals surface area contributed by atoms with E-state index in [2.05, 4.69) is 20.3 Å². The number of aromatic amines is 1.